The molecule has 0 aliphatic carbocycles. The second-order valence-electron chi connectivity index (χ2n) is 5.42. The van der Waals surface area contributed by atoms with Crippen LogP contribution in [0.15, 0.2) is 28.7 Å². The molecule has 2 rings (SSSR count). The van der Waals surface area contributed by atoms with Crippen molar-refractivity contribution in [1.82, 2.24) is 10.2 Å². The van der Waals surface area contributed by atoms with E-state index in [0.29, 0.717) is 5.75 Å². The van der Waals surface area contributed by atoms with E-state index in [0.717, 1.165) is 30.4 Å². The normalized spacial score (nSPS) is 16.0. The lowest BCUT2D eigenvalue weighted by Gasteiger charge is -2.29. The first-order valence-corrected chi connectivity index (χ1v) is 8.32. The van der Waals surface area contributed by atoms with Crippen molar-refractivity contribution >= 4 is 27.7 Å². The summed E-state index contributed by atoms with van der Waals surface area (Å²) in [6, 6.07) is 6.73. The van der Waals surface area contributed by atoms with Crippen LogP contribution in [0.4, 0.5) is 0 Å². The van der Waals surface area contributed by atoms with E-state index in [1.807, 2.05) is 17.0 Å². The van der Waals surface area contributed by atoms with Gasteiger partial charge in [-0.25, -0.2) is 0 Å². The molecule has 1 fully saturated rings. The molecule has 1 atom stereocenters. The van der Waals surface area contributed by atoms with Crippen LogP contribution in [-0.4, -0.2) is 42.5 Å². The molecule has 5 nitrogen and oxygen atoms in total. The van der Waals surface area contributed by atoms with Crippen LogP contribution in [-0.2, 0) is 9.59 Å². The molecule has 1 heterocycles. The Bertz CT molecular complexity index is 513. The van der Waals surface area contributed by atoms with Gasteiger partial charge in [-0.2, -0.15) is 0 Å². The Labute approximate surface area is 139 Å². The third-order valence-corrected chi connectivity index (χ3v) is 4.13. The molecule has 1 aromatic carbocycles. The summed E-state index contributed by atoms with van der Waals surface area (Å²) >= 11 is 3.33. The van der Waals surface area contributed by atoms with Crippen LogP contribution >= 0.6 is 15.9 Å². The molecule has 1 N–H and O–H groups in total. The van der Waals surface area contributed by atoms with E-state index in [2.05, 4.69) is 21.2 Å². The summed E-state index contributed by atoms with van der Waals surface area (Å²) in [4.78, 5) is 25.9. The SMILES string of the molecule is CC(NC(=O)COc1ccc(Br)cc1)C(=O)N1CCCCC1. The molecule has 1 saturated heterocycles. The highest BCUT2D eigenvalue weighted by Crippen LogP contribution is 2.16. The lowest BCUT2D eigenvalue weighted by Crippen LogP contribution is -2.49. The van der Waals surface area contributed by atoms with Crippen LogP contribution in [0.3, 0.4) is 0 Å². The molecule has 22 heavy (non-hydrogen) atoms. The Balaban J connectivity index is 1.75. The number of rotatable bonds is 5. The third kappa shape index (κ3) is 5.02. The number of nitrogens with one attached hydrogen (secondary N) is 1. The first kappa shape index (κ1) is 16.8. The highest BCUT2D eigenvalue weighted by atomic mass is 79.9. The van der Waals surface area contributed by atoms with Crippen LogP contribution in [0, 0.1) is 0 Å². The van der Waals surface area contributed by atoms with Crippen LogP contribution in [0.1, 0.15) is 26.2 Å². The van der Waals surface area contributed by atoms with Crippen LogP contribution in [0.2, 0.25) is 0 Å². The third-order valence-electron chi connectivity index (χ3n) is 3.60. The summed E-state index contributed by atoms with van der Waals surface area (Å²) in [5.74, 6) is 0.311. The van der Waals surface area contributed by atoms with Crippen molar-refractivity contribution in [2.24, 2.45) is 0 Å². The van der Waals surface area contributed by atoms with Crippen molar-refractivity contribution in [3.05, 3.63) is 28.7 Å². The number of amides is 2. The molecule has 1 aliphatic rings. The lowest BCUT2D eigenvalue weighted by atomic mass is 10.1. The van der Waals surface area contributed by atoms with Crippen molar-refractivity contribution in [3.8, 4) is 5.75 Å². The van der Waals surface area contributed by atoms with Gasteiger partial charge in [-0.15, -0.1) is 0 Å². The van der Waals surface area contributed by atoms with Gasteiger partial charge >= 0.3 is 0 Å². The predicted octanol–water partition coefficient (Wildman–Crippen LogP) is 2.35. The monoisotopic (exact) mass is 368 g/mol. The minimum atomic E-state index is -0.515. The molecule has 2 amide bonds. The number of hydrogen-bond donors (Lipinski definition) is 1. The molecule has 6 heteroatoms. The molecule has 0 bridgehead atoms. The number of benzene rings is 1. The van der Waals surface area contributed by atoms with Crippen molar-refractivity contribution in [1.29, 1.82) is 0 Å². The number of piperidine rings is 1. The summed E-state index contributed by atoms with van der Waals surface area (Å²) in [6.45, 7) is 3.19. The average Bonchev–Trinajstić information content (AvgIpc) is 2.54. The van der Waals surface area contributed by atoms with E-state index in [9.17, 15) is 9.59 Å². The van der Waals surface area contributed by atoms with Gasteiger partial charge in [0.1, 0.15) is 11.8 Å². The van der Waals surface area contributed by atoms with Gasteiger partial charge in [0.25, 0.3) is 5.91 Å². The van der Waals surface area contributed by atoms with Crippen LogP contribution in [0.5, 0.6) is 5.75 Å². The summed E-state index contributed by atoms with van der Waals surface area (Å²) in [5.41, 5.74) is 0. The van der Waals surface area contributed by atoms with E-state index >= 15 is 0 Å². The zero-order valence-electron chi connectivity index (χ0n) is 12.7. The molecular weight excluding hydrogens is 348 g/mol. The molecular formula is C16H21BrN2O3. The maximum atomic E-state index is 12.2. The first-order chi connectivity index (χ1) is 10.6. The molecule has 1 aliphatic heterocycles. The van der Waals surface area contributed by atoms with Crippen molar-refractivity contribution < 1.29 is 14.3 Å². The summed E-state index contributed by atoms with van der Waals surface area (Å²) in [6.07, 6.45) is 3.25. The van der Waals surface area contributed by atoms with E-state index in [1.165, 1.54) is 6.42 Å². The first-order valence-electron chi connectivity index (χ1n) is 7.53. The highest BCUT2D eigenvalue weighted by Gasteiger charge is 2.23. The van der Waals surface area contributed by atoms with Gasteiger partial charge in [0, 0.05) is 17.6 Å². The Hall–Kier alpha value is -1.56. The fourth-order valence-electron chi connectivity index (χ4n) is 2.41. The minimum Gasteiger partial charge on any atom is -0.484 e. The largest absolute Gasteiger partial charge is 0.484 e. The average molecular weight is 369 g/mol. The van der Waals surface area contributed by atoms with Gasteiger partial charge in [-0.3, -0.25) is 9.59 Å². The number of carbonyl (C=O) groups is 2. The summed E-state index contributed by atoms with van der Waals surface area (Å²) in [5, 5.41) is 2.69. The van der Waals surface area contributed by atoms with Crippen LogP contribution in [0.25, 0.3) is 0 Å². The summed E-state index contributed by atoms with van der Waals surface area (Å²) < 4.78 is 6.34. The minimum absolute atomic E-state index is 0.0170. The number of ether oxygens (including phenoxy) is 1. The Kier molecular flexibility index (Phi) is 6.24. The van der Waals surface area contributed by atoms with E-state index in [-0.39, 0.29) is 18.4 Å². The summed E-state index contributed by atoms with van der Waals surface area (Å²) in [7, 11) is 0. The molecule has 120 valence electrons. The van der Waals surface area contributed by atoms with E-state index < -0.39 is 6.04 Å². The number of likely N-dealkylation sites (tertiary alicyclic amines) is 1. The number of halogens is 1. The van der Waals surface area contributed by atoms with Gasteiger partial charge in [0.05, 0.1) is 0 Å². The van der Waals surface area contributed by atoms with Gasteiger partial charge < -0.3 is 15.0 Å². The molecule has 0 spiro atoms. The highest BCUT2D eigenvalue weighted by molar-refractivity contribution is 9.10. The smallest absolute Gasteiger partial charge is 0.258 e. The second-order valence-corrected chi connectivity index (χ2v) is 6.33. The maximum Gasteiger partial charge on any atom is 0.258 e. The van der Waals surface area contributed by atoms with Gasteiger partial charge in [-0.1, -0.05) is 15.9 Å². The topological polar surface area (TPSA) is 58.6 Å². The molecule has 0 radical (unpaired) electrons. The maximum absolute atomic E-state index is 12.2. The van der Waals surface area contributed by atoms with Gasteiger partial charge in [0.2, 0.25) is 5.91 Å². The van der Waals surface area contributed by atoms with Gasteiger partial charge in [-0.05, 0) is 50.5 Å². The van der Waals surface area contributed by atoms with E-state index in [4.69, 9.17) is 4.74 Å². The van der Waals surface area contributed by atoms with Gasteiger partial charge in [0.15, 0.2) is 6.61 Å². The van der Waals surface area contributed by atoms with Crippen LogP contribution < -0.4 is 10.1 Å². The zero-order valence-corrected chi connectivity index (χ0v) is 14.3. The zero-order chi connectivity index (χ0) is 15.9. The Morgan fingerprint density at radius 3 is 2.50 bits per heavy atom. The van der Waals surface area contributed by atoms with Crippen molar-refractivity contribution in [3.63, 3.8) is 0 Å². The quantitative estimate of drug-likeness (QED) is 0.867. The van der Waals surface area contributed by atoms with Crippen molar-refractivity contribution in [2.75, 3.05) is 19.7 Å². The molecule has 1 aromatic rings. The molecule has 0 saturated carbocycles. The molecule has 0 aromatic heterocycles. The fraction of sp³-hybridized carbons (Fsp3) is 0.500. The lowest BCUT2D eigenvalue weighted by molar-refractivity contribution is -0.137. The Morgan fingerprint density at radius 2 is 1.86 bits per heavy atom. The number of nitrogens with zero attached hydrogens (tertiary/aromatic N) is 1. The van der Waals surface area contributed by atoms with Crippen molar-refractivity contribution in [2.45, 2.75) is 32.2 Å². The molecule has 1 unspecified atom stereocenters. The fourth-order valence-corrected chi connectivity index (χ4v) is 2.68. The standard InChI is InChI=1S/C16H21BrN2O3/c1-12(16(21)19-9-3-2-4-10-19)18-15(20)11-22-14-7-5-13(17)6-8-14/h5-8,12H,2-4,9-11H2,1H3,(H,18,20). The Morgan fingerprint density at radius 1 is 1.23 bits per heavy atom. The second kappa shape index (κ2) is 8.17. The number of hydrogen-bond acceptors (Lipinski definition) is 3. The number of carbonyl (C=O) groups excluding carboxylic acids is 2. The predicted molar refractivity (Wildman–Crippen MR) is 87.7 cm³/mol. The van der Waals surface area contributed by atoms with E-state index in [1.54, 1.807) is 19.1 Å².